The summed E-state index contributed by atoms with van der Waals surface area (Å²) in [6.07, 6.45) is 5.69. The van der Waals surface area contributed by atoms with E-state index in [-0.39, 0.29) is 11.9 Å². The highest BCUT2D eigenvalue weighted by atomic mass is 16.3. The molecule has 2 aromatic rings. The van der Waals surface area contributed by atoms with Gasteiger partial charge in [-0.05, 0) is 18.9 Å². The summed E-state index contributed by atoms with van der Waals surface area (Å²) in [4.78, 5) is 22.2. The maximum atomic E-state index is 11.8. The second kappa shape index (κ2) is 7.29. The van der Waals surface area contributed by atoms with Gasteiger partial charge in [0.1, 0.15) is 6.33 Å². The highest BCUT2D eigenvalue weighted by Gasteiger charge is 2.45. The first-order valence-corrected chi connectivity index (χ1v) is 8.50. The van der Waals surface area contributed by atoms with Crippen LogP contribution in [0.1, 0.15) is 37.4 Å². The molecule has 3 rings (SSSR count). The van der Waals surface area contributed by atoms with Gasteiger partial charge in [-0.3, -0.25) is 9.69 Å². The quantitative estimate of drug-likeness (QED) is 0.885. The molecule has 2 heterocycles. The molecule has 1 fully saturated rings. The molecule has 1 aromatic carbocycles. The van der Waals surface area contributed by atoms with Crippen LogP contribution in [-0.2, 0) is 11.3 Å². The van der Waals surface area contributed by atoms with Gasteiger partial charge in [0.15, 0.2) is 0 Å². The number of hydrogen-bond acceptors (Lipinski definition) is 5. The first-order chi connectivity index (χ1) is 12.0. The molecule has 0 aliphatic carbocycles. The standard InChI is InChI=1S/C19H24N4O2/c1-14(24)22-18-17(16-6-4-3-5-7-16)23(9-8-19(18,2)25)12-15-10-20-13-21-11-15/h3-7,10-11,13,17-18,25H,8-9,12H2,1-2H3,(H,22,24). The van der Waals surface area contributed by atoms with Gasteiger partial charge in [0.05, 0.1) is 17.7 Å². The molecule has 1 saturated heterocycles. The molecule has 1 amide bonds. The number of piperidine rings is 1. The Morgan fingerprint density at radius 1 is 1.32 bits per heavy atom. The van der Waals surface area contributed by atoms with Crippen molar-refractivity contribution in [1.82, 2.24) is 20.2 Å². The maximum Gasteiger partial charge on any atom is 0.217 e. The Balaban J connectivity index is 1.97. The number of benzene rings is 1. The fourth-order valence-corrected chi connectivity index (χ4v) is 3.55. The Labute approximate surface area is 147 Å². The van der Waals surface area contributed by atoms with Gasteiger partial charge < -0.3 is 10.4 Å². The highest BCUT2D eigenvalue weighted by molar-refractivity contribution is 5.73. The van der Waals surface area contributed by atoms with Crippen molar-refractivity contribution in [1.29, 1.82) is 0 Å². The largest absolute Gasteiger partial charge is 0.388 e. The fourth-order valence-electron chi connectivity index (χ4n) is 3.55. The van der Waals surface area contributed by atoms with Crippen molar-refractivity contribution in [3.05, 3.63) is 60.2 Å². The smallest absolute Gasteiger partial charge is 0.217 e. The van der Waals surface area contributed by atoms with E-state index in [1.807, 2.05) is 30.3 Å². The van der Waals surface area contributed by atoms with Gasteiger partial charge in [-0.2, -0.15) is 0 Å². The number of aromatic nitrogens is 2. The number of carbonyl (C=O) groups excluding carboxylic acids is 1. The van der Waals surface area contributed by atoms with Crippen molar-refractivity contribution in [3.8, 4) is 0 Å². The van der Waals surface area contributed by atoms with Gasteiger partial charge in [-0.15, -0.1) is 0 Å². The third kappa shape index (κ3) is 4.03. The van der Waals surface area contributed by atoms with Gasteiger partial charge in [-0.1, -0.05) is 30.3 Å². The van der Waals surface area contributed by atoms with E-state index in [9.17, 15) is 9.90 Å². The highest BCUT2D eigenvalue weighted by Crippen LogP contribution is 2.37. The molecule has 1 aliphatic rings. The molecule has 132 valence electrons. The molecular weight excluding hydrogens is 316 g/mol. The summed E-state index contributed by atoms with van der Waals surface area (Å²) in [6.45, 7) is 4.67. The molecule has 3 atom stereocenters. The summed E-state index contributed by atoms with van der Waals surface area (Å²) < 4.78 is 0. The topological polar surface area (TPSA) is 78.4 Å². The second-order valence-corrected chi connectivity index (χ2v) is 6.86. The zero-order chi connectivity index (χ0) is 17.9. The predicted molar refractivity (Wildman–Crippen MR) is 94.5 cm³/mol. The number of nitrogens with one attached hydrogen (secondary N) is 1. The van der Waals surface area contributed by atoms with Crippen LogP contribution in [0.15, 0.2) is 49.1 Å². The van der Waals surface area contributed by atoms with Crippen molar-refractivity contribution in [3.63, 3.8) is 0 Å². The molecule has 6 nitrogen and oxygen atoms in total. The SMILES string of the molecule is CC(=O)NC1C(c2ccccc2)N(Cc2cncnc2)CCC1(C)O. The number of carbonyl (C=O) groups is 1. The number of rotatable bonds is 4. The zero-order valence-electron chi connectivity index (χ0n) is 14.6. The van der Waals surface area contributed by atoms with Crippen molar-refractivity contribution < 1.29 is 9.90 Å². The minimum atomic E-state index is -0.976. The summed E-state index contributed by atoms with van der Waals surface area (Å²) in [6, 6.07) is 9.47. The van der Waals surface area contributed by atoms with E-state index in [4.69, 9.17) is 0 Å². The third-order valence-electron chi connectivity index (χ3n) is 4.78. The summed E-state index contributed by atoms with van der Waals surface area (Å²) in [7, 11) is 0. The molecule has 0 bridgehead atoms. The lowest BCUT2D eigenvalue weighted by molar-refractivity contribution is -0.126. The van der Waals surface area contributed by atoms with E-state index in [0.29, 0.717) is 13.0 Å². The molecule has 2 N–H and O–H groups in total. The van der Waals surface area contributed by atoms with E-state index in [0.717, 1.165) is 17.7 Å². The van der Waals surface area contributed by atoms with Crippen molar-refractivity contribution in [2.75, 3.05) is 6.54 Å². The van der Waals surface area contributed by atoms with Crippen LogP contribution < -0.4 is 5.32 Å². The Morgan fingerprint density at radius 2 is 2.00 bits per heavy atom. The monoisotopic (exact) mass is 340 g/mol. The summed E-state index contributed by atoms with van der Waals surface area (Å²) in [5, 5.41) is 13.9. The van der Waals surface area contributed by atoms with E-state index in [1.165, 1.54) is 13.3 Å². The van der Waals surface area contributed by atoms with Crippen molar-refractivity contribution >= 4 is 5.91 Å². The maximum absolute atomic E-state index is 11.8. The first kappa shape index (κ1) is 17.5. The number of aliphatic hydroxyl groups is 1. The number of likely N-dealkylation sites (tertiary alicyclic amines) is 1. The Bertz CT molecular complexity index is 706. The van der Waals surface area contributed by atoms with Gasteiger partial charge in [0.2, 0.25) is 5.91 Å². The molecule has 0 saturated carbocycles. The zero-order valence-corrected chi connectivity index (χ0v) is 14.6. The van der Waals surface area contributed by atoms with Gasteiger partial charge in [0.25, 0.3) is 0 Å². The van der Waals surface area contributed by atoms with Crippen LogP contribution in [0.3, 0.4) is 0 Å². The second-order valence-electron chi connectivity index (χ2n) is 6.86. The summed E-state index contributed by atoms with van der Waals surface area (Å²) >= 11 is 0. The number of nitrogens with zero attached hydrogens (tertiary/aromatic N) is 3. The van der Waals surface area contributed by atoms with Crippen molar-refractivity contribution in [2.45, 2.75) is 44.5 Å². The van der Waals surface area contributed by atoms with Crippen LogP contribution in [0.25, 0.3) is 0 Å². The van der Waals surface area contributed by atoms with Gasteiger partial charge in [-0.25, -0.2) is 9.97 Å². The van der Waals surface area contributed by atoms with Crippen LogP contribution in [0, 0.1) is 0 Å². The normalized spacial score (nSPS) is 27.0. The minimum Gasteiger partial charge on any atom is -0.388 e. The van der Waals surface area contributed by atoms with E-state index in [1.54, 1.807) is 19.3 Å². The summed E-state index contributed by atoms with van der Waals surface area (Å²) in [5.41, 5.74) is 1.10. The van der Waals surface area contributed by atoms with E-state index in [2.05, 4.69) is 20.2 Å². The lowest BCUT2D eigenvalue weighted by atomic mass is 9.79. The molecule has 25 heavy (non-hydrogen) atoms. The van der Waals surface area contributed by atoms with Crippen LogP contribution in [-0.4, -0.2) is 44.1 Å². The fraction of sp³-hybridized carbons (Fsp3) is 0.421. The summed E-state index contributed by atoms with van der Waals surface area (Å²) in [5.74, 6) is -0.142. The van der Waals surface area contributed by atoms with Crippen LogP contribution in [0.5, 0.6) is 0 Å². The van der Waals surface area contributed by atoms with E-state index >= 15 is 0 Å². The Morgan fingerprint density at radius 3 is 2.64 bits per heavy atom. The first-order valence-electron chi connectivity index (χ1n) is 8.50. The van der Waals surface area contributed by atoms with Crippen LogP contribution in [0.4, 0.5) is 0 Å². The van der Waals surface area contributed by atoms with Gasteiger partial charge >= 0.3 is 0 Å². The third-order valence-corrected chi connectivity index (χ3v) is 4.78. The number of amides is 1. The number of hydrogen-bond donors (Lipinski definition) is 2. The van der Waals surface area contributed by atoms with Crippen LogP contribution >= 0.6 is 0 Å². The van der Waals surface area contributed by atoms with Crippen molar-refractivity contribution in [2.24, 2.45) is 0 Å². The average molecular weight is 340 g/mol. The lowest BCUT2D eigenvalue weighted by Crippen LogP contribution is -2.62. The molecule has 0 spiro atoms. The van der Waals surface area contributed by atoms with Gasteiger partial charge in [0, 0.05) is 38.0 Å². The Hall–Kier alpha value is -2.31. The minimum absolute atomic E-state index is 0.131. The molecular formula is C19H24N4O2. The molecule has 6 heteroatoms. The molecule has 0 radical (unpaired) electrons. The Kier molecular flexibility index (Phi) is 5.11. The molecule has 3 unspecified atom stereocenters. The molecule has 1 aliphatic heterocycles. The molecule has 1 aromatic heterocycles. The lowest BCUT2D eigenvalue weighted by Gasteiger charge is -2.49. The van der Waals surface area contributed by atoms with Crippen LogP contribution in [0.2, 0.25) is 0 Å². The average Bonchev–Trinajstić information content (AvgIpc) is 2.59. The van der Waals surface area contributed by atoms with E-state index < -0.39 is 11.6 Å². The predicted octanol–water partition coefficient (Wildman–Crippen LogP) is 1.68.